The average Bonchev–Trinajstić information content (AvgIpc) is 3.02. The van der Waals surface area contributed by atoms with Crippen LogP contribution in [0.25, 0.3) is 0 Å². The number of rotatable bonds is 5. The van der Waals surface area contributed by atoms with Crippen LogP contribution in [-0.4, -0.2) is 25.8 Å². The monoisotopic (exact) mass is 256 g/mol. The summed E-state index contributed by atoms with van der Waals surface area (Å²) in [6.45, 7) is 1.95. The lowest BCUT2D eigenvalue weighted by Gasteiger charge is -2.10. The summed E-state index contributed by atoms with van der Waals surface area (Å²) >= 11 is 0. The second-order valence-corrected chi connectivity index (χ2v) is 5.97. The summed E-state index contributed by atoms with van der Waals surface area (Å²) in [4.78, 5) is 4.10. The van der Waals surface area contributed by atoms with E-state index >= 15 is 0 Å². The highest BCUT2D eigenvalue weighted by molar-refractivity contribution is 7.92. The van der Waals surface area contributed by atoms with Gasteiger partial charge in [-0.05, 0) is 30.9 Å². The van der Waals surface area contributed by atoms with Crippen molar-refractivity contribution in [3.63, 3.8) is 0 Å². The van der Waals surface area contributed by atoms with Gasteiger partial charge in [0.15, 0.2) is 0 Å². The molecule has 17 heavy (non-hydrogen) atoms. The molecule has 0 amide bonds. The van der Waals surface area contributed by atoms with Crippen LogP contribution < -0.4 is 9.46 Å². The maximum atomic E-state index is 11.2. The maximum Gasteiger partial charge on any atom is 0.230 e. The number of ether oxygens (including phenoxy) is 1. The van der Waals surface area contributed by atoms with Gasteiger partial charge in [0, 0.05) is 0 Å². The van der Waals surface area contributed by atoms with E-state index in [4.69, 9.17) is 4.74 Å². The molecule has 94 valence electrons. The van der Waals surface area contributed by atoms with Crippen molar-refractivity contribution in [1.29, 1.82) is 0 Å². The van der Waals surface area contributed by atoms with Crippen molar-refractivity contribution >= 4 is 15.8 Å². The van der Waals surface area contributed by atoms with Gasteiger partial charge >= 0.3 is 0 Å². The molecule has 1 aromatic rings. The zero-order valence-corrected chi connectivity index (χ0v) is 10.8. The summed E-state index contributed by atoms with van der Waals surface area (Å²) in [5.41, 5.74) is 0.841. The van der Waals surface area contributed by atoms with Crippen LogP contribution in [0.4, 0.5) is 5.82 Å². The van der Waals surface area contributed by atoms with Crippen molar-refractivity contribution in [1.82, 2.24) is 4.98 Å². The molecule has 2 rings (SSSR count). The molecule has 0 atom stereocenters. The lowest BCUT2D eigenvalue weighted by molar-refractivity contribution is 0.302. The molecule has 1 fully saturated rings. The topological polar surface area (TPSA) is 68.3 Å². The Morgan fingerprint density at radius 1 is 1.53 bits per heavy atom. The fraction of sp³-hybridized carbons (Fsp3) is 0.545. The predicted octanol–water partition coefficient (Wildman–Crippen LogP) is 1.56. The van der Waals surface area contributed by atoms with E-state index in [0.717, 1.165) is 24.7 Å². The Morgan fingerprint density at radius 3 is 2.76 bits per heavy atom. The Morgan fingerprint density at radius 2 is 2.24 bits per heavy atom. The van der Waals surface area contributed by atoms with E-state index in [0.29, 0.717) is 24.1 Å². The van der Waals surface area contributed by atoms with Gasteiger partial charge in [0.2, 0.25) is 10.0 Å². The summed E-state index contributed by atoms with van der Waals surface area (Å²) in [5, 5.41) is 0. The third kappa shape index (κ3) is 3.59. The van der Waals surface area contributed by atoms with Gasteiger partial charge in [-0.1, -0.05) is 6.92 Å². The number of pyridine rings is 1. The molecule has 0 aromatic carbocycles. The van der Waals surface area contributed by atoms with Gasteiger partial charge in [0.1, 0.15) is 11.6 Å². The summed E-state index contributed by atoms with van der Waals surface area (Å²) in [5.74, 6) is 1.10. The smallest absolute Gasteiger partial charge is 0.230 e. The summed E-state index contributed by atoms with van der Waals surface area (Å²) < 4.78 is 30.3. The van der Waals surface area contributed by atoms with Crippen molar-refractivity contribution in [2.24, 2.45) is 0 Å². The molecule has 1 saturated carbocycles. The van der Waals surface area contributed by atoms with E-state index in [-0.39, 0.29) is 0 Å². The quantitative estimate of drug-likeness (QED) is 0.868. The predicted molar refractivity (Wildman–Crippen MR) is 65.7 cm³/mol. The molecule has 5 nitrogen and oxygen atoms in total. The van der Waals surface area contributed by atoms with Crippen LogP contribution in [0.5, 0.6) is 5.75 Å². The molecule has 0 bridgehead atoms. The van der Waals surface area contributed by atoms with Gasteiger partial charge in [0.25, 0.3) is 0 Å². The number of sulfonamides is 1. The molecule has 0 spiro atoms. The Balaban J connectivity index is 2.21. The molecular weight excluding hydrogens is 240 g/mol. The van der Waals surface area contributed by atoms with Crippen LogP contribution in [0, 0.1) is 0 Å². The highest BCUT2D eigenvalue weighted by Crippen LogP contribution is 2.28. The van der Waals surface area contributed by atoms with Crippen LogP contribution in [0.1, 0.15) is 25.3 Å². The average molecular weight is 256 g/mol. The minimum absolute atomic E-state index is 0.315. The van der Waals surface area contributed by atoms with Crippen molar-refractivity contribution in [3.05, 3.63) is 17.8 Å². The lowest BCUT2D eigenvalue weighted by atomic mass is 10.2. The fourth-order valence-electron chi connectivity index (χ4n) is 1.47. The second kappa shape index (κ2) is 4.52. The molecule has 0 unspecified atom stereocenters. The van der Waals surface area contributed by atoms with Gasteiger partial charge in [-0.15, -0.1) is 0 Å². The number of aromatic nitrogens is 1. The Hall–Kier alpha value is -1.30. The van der Waals surface area contributed by atoms with E-state index in [2.05, 4.69) is 9.71 Å². The summed E-state index contributed by atoms with van der Waals surface area (Å²) in [6.07, 6.45) is 5.87. The minimum Gasteiger partial charge on any atom is -0.489 e. The first-order valence-corrected chi connectivity index (χ1v) is 7.50. The van der Waals surface area contributed by atoms with Crippen LogP contribution in [0.3, 0.4) is 0 Å². The Labute approximate surface area is 101 Å². The number of anilines is 1. The van der Waals surface area contributed by atoms with E-state index in [9.17, 15) is 8.42 Å². The number of nitrogens with one attached hydrogen (secondary N) is 1. The zero-order valence-electron chi connectivity index (χ0n) is 9.93. The second-order valence-electron chi connectivity index (χ2n) is 4.22. The van der Waals surface area contributed by atoms with Crippen LogP contribution in [0.15, 0.2) is 12.3 Å². The lowest BCUT2D eigenvalue weighted by Crippen LogP contribution is -2.13. The largest absolute Gasteiger partial charge is 0.489 e. The molecule has 6 heteroatoms. The molecule has 0 aliphatic heterocycles. The Kier molecular flexibility index (Phi) is 3.24. The SMILES string of the molecule is CCc1cc(OC2CC2)cnc1NS(C)(=O)=O. The summed E-state index contributed by atoms with van der Waals surface area (Å²) in [6, 6.07) is 1.85. The molecule has 0 radical (unpaired) electrons. The summed E-state index contributed by atoms with van der Waals surface area (Å²) in [7, 11) is -3.29. The first-order valence-electron chi connectivity index (χ1n) is 5.61. The third-order valence-electron chi connectivity index (χ3n) is 2.43. The van der Waals surface area contributed by atoms with Crippen molar-refractivity contribution in [3.8, 4) is 5.75 Å². The molecule has 1 aliphatic carbocycles. The van der Waals surface area contributed by atoms with Crippen LogP contribution in [-0.2, 0) is 16.4 Å². The first-order chi connectivity index (χ1) is 7.98. The van der Waals surface area contributed by atoms with E-state index < -0.39 is 10.0 Å². The molecule has 1 aliphatic rings. The zero-order chi connectivity index (χ0) is 12.5. The van der Waals surface area contributed by atoms with E-state index in [1.165, 1.54) is 0 Å². The van der Waals surface area contributed by atoms with Gasteiger partial charge in [-0.25, -0.2) is 13.4 Å². The van der Waals surface area contributed by atoms with Crippen molar-refractivity contribution in [2.45, 2.75) is 32.3 Å². The number of nitrogens with zero attached hydrogens (tertiary/aromatic N) is 1. The highest BCUT2D eigenvalue weighted by Gasteiger charge is 2.24. The number of hydrogen-bond donors (Lipinski definition) is 1. The number of aryl methyl sites for hydroxylation is 1. The molecular formula is C11H16N2O3S. The molecule has 1 heterocycles. The minimum atomic E-state index is -3.29. The molecule has 1 aromatic heterocycles. The molecule has 0 saturated heterocycles. The number of hydrogen-bond acceptors (Lipinski definition) is 4. The van der Waals surface area contributed by atoms with Crippen LogP contribution in [0.2, 0.25) is 0 Å². The standard InChI is InChI=1S/C11H16N2O3S/c1-3-8-6-10(16-9-4-5-9)7-12-11(8)13-17(2,14)15/h6-7,9H,3-5H2,1-2H3,(H,12,13). The Bertz CT molecular complexity index is 509. The van der Waals surface area contributed by atoms with E-state index in [1.807, 2.05) is 13.0 Å². The van der Waals surface area contributed by atoms with Crippen molar-refractivity contribution in [2.75, 3.05) is 11.0 Å². The van der Waals surface area contributed by atoms with Gasteiger partial charge in [-0.3, -0.25) is 4.72 Å². The first kappa shape index (κ1) is 12.2. The normalized spacial score (nSPS) is 15.6. The fourth-order valence-corrected chi connectivity index (χ4v) is 2.00. The van der Waals surface area contributed by atoms with Gasteiger partial charge in [0.05, 0.1) is 18.6 Å². The van der Waals surface area contributed by atoms with E-state index in [1.54, 1.807) is 6.20 Å². The third-order valence-corrected chi connectivity index (χ3v) is 3.00. The molecule has 1 N–H and O–H groups in total. The van der Waals surface area contributed by atoms with Crippen molar-refractivity contribution < 1.29 is 13.2 Å². The van der Waals surface area contributed by atoms with Gasteiger partial charge < -0.3 is 4.74 Å². The maximum absolute atomic E-state index is 11.2. The van der Waals surface area contributed by atoms with Gasteiger partial charge in [-0.2, -0.15) is 0 Å². The highest BCUT2D eigenvalue weighted by atomic mass is 32.2. The van der Waals surface area contributed by atoms with Crippen LogP contribution >= 0.6 is 0 Å².